The molecule has 0 aromatic rings. The molecule has 20 heavy (non-hydrogen) atoms. The van der Waals surface area contributed by atoms with E-state index in [2.05, 4.69) is 33.7 Å². The summed E-state index contributed by atoms with van der Waals surface area (Å²) in [5.74, 6) is 0. The van der Waals surface area contributed by atoms with Gasteiger partial charge >= 0.3 is 0 Å². The zero-order valence-electron chi connectivity index (χ0n) is 12.0. The van der Waals surface area contributed by atoms with E-state index in [1.54, 1.807) is 0 Å². The SMILES string of the molecule is CCOC(O)CC1CC(NC2CC(C)NN2)NC(Cl)N1. The van der Waals surface area contributed by atoms with E-state index in [9.17, 15) is 5.11 Å². The van der Waals surface area contributed by atoms with Gasteiger partial charge in [-0.2, -0.15) is 0 Å². The average Bonchev–Trinajstić information content (AvgIpc) is 2.74. The molecule has 118 valence electrons. The topological polar surface area (TPSA) is 89.6 Å². The van der Waals surface area contributed by atoms with Gasteiger partial charge < -0.3 is 9.84 Å². The number of hydrogen-bond acceptors (Lipinski definition) is 7. The molecule has 0 aromatic carbocycles. The molecule has 2 saturated heterocycles. The van der Waals surface area contributed by atoms with Crippen molar-refractivity contribution in [1.29, 1.82) is 0 Å². The van der Waals surface area contributed by atoms with Gasteiger partial charge in [-0.1, -0.05) is 11.6 Å². The lowest BCUT2D eigenvalue weighted by molar-refractivity contribution is -0.105. The van der Waals surface area contributed by atoms with Crippen molar-refractivity contribution < 1.29 is 9.84 Å². The van der Waals surface area contributed by atoms with Crippen LogP contribution in [0, 0.1) is 0 Å². The van der Waals surface area contributed by atoms with Gasteiger partial charge in [-0.3, -0.25) is 21.4 Å². The van der Waals surface area contributed by atoms with Crippen LogP contribution in [0.25, 0.3) is 0 Å². The molecule has 2 fully saturated rings. The number of rotatable bonds is 6. The number of aliphatic hydroxyl groups is 1. The third kappa shape index (κ3) is 5.09. The first-order chi connectivity index (χ1) is 9.56. The minimum atomic E-state index is -0.744. The van der Waals surface area contributed by atoms with E-state index in [0.717, 1.165) is 12.8 Å². The highest BCUT2D eigenvalue weighted by molar-refractivity contribution is 6.20. The predicted molar refractivity (Wildman–Crippen MR) is 77.6 cm³/mol. The quantitative estimate of drug-likeness (QED) is 0.220. The van der Waals surface area contributed by atoms with E-state index in [0.29, 0.717) is 19.1 Å². The van der Waals surface area contributed by atoms with Crippen LogP contribution in [-0.2, 0) is 4.74 Å². The van der Waals surface area contributed by atoms with Crippen molar-refractivity contribution in [2.24, 2.45) is 0 Å². The van der Waals surface area contributed by atoms with Crippen molar-refractivity contribution in [2.45, 2.75) is 69.4 Å². The lowest BCUT2D eigenvalue weighted by atomic mass is 10.1. The van der Waals surface area contributed by atoms with Gasteiger partial charge in [0, 0.05) is 25.1 Å². The third-order valence-corrected chi connectivity index (χ3v) is 3.84. The van der Waals surface area contributed by atoms with Crippen LogP contribution in [0.3, 0.4) is 0 Å². The first kappa shape index (κ1) is 16.4. The highest BCUT2D eigenvalue weighted by Gasteiger charge is 2.30. The minimum absolute atomic E-state index is 0.0992. The van der Waals surface area contributed by atoms with Crippen molar-refractivity contribution in [3.8, 4) is 0 Å². The third-order valence-electron chi connectivity index (χ3n) is 3.59. The molecule has 7 nitrogen and oxygen atoms in total. The number of ether oxygens (including phenoxy) is 1. The van der Waals surface area contributed by atoms with E-state index in [-0.39, 0.29) is 24.0 Å². The Morgan fingerprint density at radius 2 is 2.10 bits per heavy atom. The Labute approximate surface area is 125 Å². The van der Waals surface area contributed by atoms with Crippen LogP contribution in [0.2, 0.25) is 0 Å². The second-order valence-corrected chi connectivity index (χ2v) is 5.91. The van der Waals surface area contributed by atoms with Gasteiger partial charge in [0.1, 0.15) is 5.62 Å². The highest BCUT2D eigenvalue weighted by atomic mass is 35.5. The van der Waals surface area contributed by atoms with Gasteiger partial charge in [-0.25, -0.2) is 5.43 Å². The van der Waals surface area contributed by atoms with Crippen LogP contribution in [0.5, 0.6) is 0 Å². The molecular formula is C12H26ClN5O2. The first-order valence-electron chi connectivity index (χ1n) is 7.29. The molecule has 0 spiro atoms. The Morgan fingerprint density at radius 1 is 1.30 bits per heavy atom. The van der Waals surface area contributed by atoms with Gasteiger partial charge in [0.15, 0.2) is 6.29 Å². The predicted octanol–water partition coefficient (Wildman–Crippen LogP) is -0.666. The summed E-state index contributed by atoms with van der Waals surface area (Å²) < 4.78 is 5.17. The lowest BCUT2D eigenvalue weighted by Crippen LogP contribution is -2.63. The van der Waals surface area contributed by atoms with Crippen molar-refractivity contribution >= 4 is 11.6 Å². The summed E-state index contributed by atoms with van der Waals surface area (Å²) in [4.78, 5) is 0. The molecule has 2 rings (SSSR count). The Bertz CT molecular complexity index is 299. The standard InChI is InChI=1S/C12H26ClN5O2/c1-3-20-11(19)6-8-5-9(16-12(13)14-8)15-10-4-7(2)17-18-10/h7-12,14-19H,3-6H2,1-2H3. The fourth-order valence-electron chi connectivity index (χ4n) is 2.70. The minimum Gasteiger partial charge on any atom is -0.368 e. The fourth-order valence-corrected chi connectivity index (χ4v) is 3.03. The van der Waals surface area contributed by atoms with Crippen LogP contribution in [0.15, 0.2) is 0 Å². The lowest BCUT2D eigenvalue weighted by Gasteiger charge is -2.37. The van der Waals surface area contributed by atoms with E-state index in [4.69, 9.17) is 16.3 Å². The molecule has 0 aromatic heterocycles. The largest absolute Gasteiger partial charge is 0.368 e. The van der Waals surface area contributed by atoms with Gasteiger partial charge in [-0.05, 0) is 26.7 Å². The van der Waals surface area contributed by atoms with Crippen molar-refractivity contribution in [1.82, 2.24) is 26.8 Å². The van der Waals surface area contributed by atoms with E-state index >= 15 is 0 Å². The molecular weight excluding hydrogens is 282 g/mol. The van der Waals surface area contributed by atoms with Gasteiger partial charge in [0.2, 0.25) is 0 Å². The zero-order valence-corrected chi connectivity index (χ0v) is 12.8. The molecule has 6 N–H and O–H groups in total. The Balaban J connectivity index is 1.78. The number of hydrogen-bond donors (Lipinski definition) is 6. The smallest absolute Gasteiger partial charge is 0.155 e. The maximum absolute atomic E-state index is 9.72. The summed E-state index contributed by atoms with van der Waals surface area (Å²) in [6.07, 6.45) is 1.96. The molecule has 2 aliphatic rings. The second kappa shape index (κ2) is 7.86. The van der Waals surface area contributed by atoms with Crippen LogP contribution in [0.1, 0.15) is 33.1 Å². The monoisotopic (exact) mass is 307 g/mol. The average molecular weight is 308 g/mol. The number of aliphatic hydroxyl groups excluding tert-OH is 1. The van der Waals surface area contributed by atoms with Crippen LogP contribution in [-0.4, -0.2) is 48.0 Å². The fraction of sp³-hybridized carbons (Fsp3) is 1.00. The van der Waals surface area contributed by atoms with Gasteiger partial charge in [-0.15, -0.1) is 0 Å². The molecule has 8 heteroatoms. The summed E-state index contributed by atoms with van der Waals surface area (Å²) in [5.41, 5.74) is 6.07. The number of halogens is 1. The van der Waals surface area contributed by atoms with Crippen molar-refractivity contribution in [3.05, 3.63) is 0 Å². The van der Waals surface area contributed by atoms with E-state index in [1.807, 2.05) is 6.92 Å². The molecule has 0 bridgehead atoms. The van der Waals surface area contributed by atoms with Gasteiger partial charge in [0.05, 0.1) is 12.3 Å². The highest BCUT2D eigenvalue weighted by Crippen LogP contribution is 2.14. The molecule has 0 radical (unpaired) electrons. The van der Waals surface area contributed by atoms with Crippen LogP contribution < -0.4 is 26.8 Å². The molecule has 0 aliphatic carbocycles. The van der Waals surface area contributed by atoms with Crippen LogP contribution in [0.4, 0.5) is 0 Å². The zero-order chi connectivity index (χ0) is 14.5. The van der Waals surface area contributed by atoms with Crippen molar-refractivity contribution in [3.63, 3.8) is 0 Å². The summed E-state index contributed by atoms with van der Waals surface area (Å²) in [7, 11) is 0. The summed E-state index contributed by atoms with van der Waals surface area (Å²) in [5, 5.41) is 19.7. The second-order valence-electron chi connectivity index (χ2n) is 5.47. The number of alkyl halides is 1. The Hall–Kier alpha value is 0.01000. The van der Waals surface area contributed by atoms with E-state index in [1.165, 1.54) is 0 Å². The molecule has 0 amide bonds. The summed E-state index contributed by atoms with van der Waals surface area (Å²) in [6, 6.07) is 0.571. The van der Waals surface area contributed by atoms with Crippen LogP contribution >= 0.6 is 11.6 Å². The van der Waals surface area contributed by atoms with Gasteiger partial charge in [0.25, 0.3) is 0 Å². The summed E-state index contributed by atoms with van der Waals surface area (Å²) >= 11 is 6.16. The number of nitrogens with one attached hydrogen (secondary N) is 5. The van der Waals surface area contributed by atoms with Crippen molar-refractivity contribution in [2.75, 3.05) is 6.61 Å². The van der Waals surface area contributed by atoms with E-state index < -0.39 is 6.29 Å². The maximum Gasteiger partial charge on any atom is 0.155 e. The molecule has 2 heterocycles. The number of hydrazine groups is 1. The molecule has 6 unspecified atom stereocenters. The summed E-state index contributed by atoms with van der Waals surface area (Å²) in [6.45, 7) is 4.51. The molecule has 0 saturated carbocycles. The first-order valence-corrected chi connectivity index (χ1v) is 7.73. The maximum atomic E-state index is 9.72. The molecule has 6 atom stereocenters. The Morgan fingerprint density at radius 3 is 2.75 bits per heavy atom. The molecule has 2 aliphatic heterocycles. The Kier molecular flexibility index (Phi) is 6.44. The normalized spacial score (nSPS) is 39.9.